The first kappa shape index (κ1) is 19.7. The van der Waals surface area contributed by atoms with Gasteiger partial charge in [-0.2, -0.15) is 0 Å². The maximum absolute atomic E-state index is 12.3. The molecule has 0 atom stereocenters. The van der Waals surface area contributed by atoms with E-state index in [-0.39, 0.29) is 16.7 Å². The molecule has 0 unspecified atom stereocenters. The smallest absolute Gasteiger partial charge is 0.335 e. The minimum atomic E-state index is -0.962. The molecule has 0 bridgehead atoms. The molecule has 1 N–H and O–H groups in total. The summed E-state index contributed by atoms with van der Waals surface area (Å²) in [5.41, 5.74) is 1.90. The lowest BCUT2D eigenvalue weighted by atomic mass is 10.1. The van der Waals surface area contributed by atoms with Crippen molar-refractivity contribution in [3.8, 4) is 5.75 Å². The number of rotatable bonds is 7. The van der Waals surface area contributed by atoms with Gasteiger partial charge in [-0.05, 0) is 59.7 Å². The van der Waals surface area contributed by atoms with Crippen molar-refractivity contribution in [1.82, 2.24) is 4.90 Å². The van der Waals surface area contributed by atoms with E-state index in [2.05, 4.69) is 0 Å². The summed E-state index contributed by atoms with van der Waals surface area (Å²) in [6, 6.07) is 13.7. The Bertz CT molecular complexity index is 919. The van der Waals surface area contributed by atoms with E-state index in [1.165, 1.54) is 17.0 Å². The second-order valence-electron chi connectivity index (χ2n) is 6.19. The topological polar surface area (TPSA) is 83.9 Å². The number of carbonyl (C=O) groups is 3. The highest BCUT2D eigenvalue weighted by molar-refractivity contribution is 8.18. The van der Waals surface area contributed by atoms with Gasteiger partial charge in [0.2, 0.25) is 0 Å². The van der Waals surface area contributed by atoms with E-state index in [1.54, 1.807) is 30.3 Å². The van der Waals surface area contributed by atoms with E-state index in [0.29, 0.717) is 23.8 Å². The first-order valence-electron chi connectivity index (χ1n) is 8.78. The fourth-order valence-corrected chi connectivity index (χ4v) is 3.50. The number of aromatic carboxylic acids is 1. The molecule has 144 valence electrons. The van der Waals surface area contributed by atoms with Gasteiger partial charge >= 0.3 is 5.97 Å². The van der Waals surface area contributed by atoms with Gasteiger partial charge in [-0.1, -0.05) is 31.2 Å². The number of carbonyl (C=O) groups excluding carboxylic acids is 2. The first-order chi connectivity index (χ1) is 13.5. The fourth-order valence-electron chi connectivity index (χ4n) is 2.64. The van der Waals surface area contributed by atoms with Crippen LogP contribution in [0.4, 0.5) is 4.79 Å². The number of hydrogen-bond donors (Lipinski definition) is 1. The Kier molecular flexibility index (Phi) is 6.16. The van der Waals surface area contributed by atoms with Crippen LogP contribution in [0.5, 0.6) is 5.75 Å². The van der Waals surface area contributed by atoms with Crippen molar-refractivity contribution in [2.45, 2.75) is 20.0 Å². The minimum absolute atomic E-state index is 0.230. The third-order valence-electron chi connectivity index (χ3n) is 4.11. The van der Waals surface area contributed by atoms with Gasteiger partial charge in [0.15, 0.2) is 0 Å². The van der Waals surface area contributed by atoms with E-state index in [4.69, 9.17) is 9.84 Å². The highest BCUT2D eigenvalue weighted by atomic mass is 32.2. The number of hydrogen-bond acceptors (Lipinski definition) is 5. The van der Waals surface area contributed by atoms with Crippen LogP contribution in [0.3, 0.4) is 0 Å². The molecule has 6 nitrogen and oxygen atoms in total. The zero-order valence-electron chi connectivity index (χ0n) is 15.3. The monoisotopic (exact) mass is 397 g/mol. The summed E-state index contributed by atoms with van der Waals surface area (Å²) in [5, 5.41) is 8.67. The Labute approximate surface area is 166 Å². The summed E-state index contributed by atoms with van der Waals surface area (Å²) in [6.45, 7) is 2.67. The van der Waals surface area contributed by atoms with Crippen LogP contribution in [0, 0.1) is 0 Å². The molecule has 3 rings (SSSR count). The summed E-state index contributed by atoms with van der Waals surface area (Å²) < 4.78 is 5.70. The number of carboxylic acid groups (broad SMARTS) is 1. The van der Waals surface area contributed by atoms with Crippen LogP contribution in [0.1, 0.15) is 34.8 Å². The summed E-state index contributed by atoms with van der Waals surface area (Å²) in [4.78, 5) is 36.7. The molecule has 0 aliphatic carbocycles. The number of benzene rings is 2. The van der Waals surface area contributed by atoms with E-state index in [9.17, 15) is 14.4 Å². The third-order valence-corrected chi connectivity index (χ3v) is 5.01. The SMILES string of the molecule is CCCN1C(=O)S/C(=C/c2ccc(OCc3ccc(C(=O)O)cc3)cc2)C1=O. The predicted octanol–water partition coefficient (Wildman–Crippen LogP) is 4.41. The molecule has 2 aromatic carbocycles. The molecule has 1 aliphatic heterocycles. The Morgan fingerprint density at radius 2 is 1.79 bits per heavy atom. The van der Waals surface area contributed by atoms with Crippen LogP contribution < -0.4 is 4.74 Å². The molecule has 1 fully saturated rings. The molecule has 2 amide bonds. The first-order valence-corrected chi connectivity index (χ1v) is 9.60. The average Bonchev–Trinajstić information content (AvgIpc) is 2.95. The van der Waals surface area contributed by atoms with Crippen LogP contribution in [-0.2, 0) is 11.4 Å². The maximum atomic E-state index is 12.3. The number of ether oxygens (including phenoxy) is 1. The number of carboxylic acids is 1. The van der Waals surface area contributed by atoms with Crippen molar-refractivity contribution >= 4 is 35.0 Å². The Morgan fingerprint density at radius 1 is 1.11 bits per heavy atom. The molecule has 0 aromatic heterocycles. The summed E-state index contributed by atoms with van der Waals surface area (Å²) in [7, 11) is 0. The molecular weight excluding hydrogens is 378 g/mol. The minimum Gasteiger partial charge on any atom is -0.489 e. The van der Waals surface area contributed by atoms with Gasteiger partial charge in [-0.3, -0.25) is 14.5 Å². The van der Waals surface area contributed by atoms with Gasteiger partial charge in [0, 0.05) is 6.54 Å². The van der Waals surface area contributed by atoms with E-state index >= 15 is 0 Å². The van der Waals surface area contributed by atoms with Gasteiger partial charge < -0.3 is 9.84 Å². The van der Waals surface area contributed by atoms with Crippen molar-refractivity contribution in [1.29, 1.82) is 0 Å². The summed E-state index contributed by atoms with van der Waals surface area (Å²) in [6.07, 6.45) is 2.44. The van der Waals surface area contributed by atoms with Gasteiger partial charge in [-0.15, -0.1) is 0 Å². The summed E-state index contributed by atoms with van der Waals surface area (Å²) in [5.74, 6) is -0.559. The van der Waals surface area contributed by atoms with E-state index in [0.717, 1.165) is 29.3 Å². The predicted molar refractivity (Wildman–Crippen MR) is 107 cm³/mol. The normalized spacial score (nSPS) is 15.3. The number of nitrogens with zero attached hydrogens (tertiary/aromatic N) is 1. The zero-order chi connectivity index (χ0) is 20.1. The van der Waals surface area contributed by atoms with Crippen LogP contribution in [0.2, 0.25) is 0 Å². The van der Waals surface area contributed by atoms with Gasteiger partial charge in [0.1, 0.15) is 12.4 Å². The second kappa shape index (κ2) is 8.75. The summed E-state index contributed by atoms with van der Waals surface area (Å²) >= 11 is 0.957. The molecule has 1 saturated heterocycles. The number of amides is 2. The molecule has 7 heteroatoms. The van der Waals surface area contributed by atoms with Gasteiger partial charge in [-0.25, -0.2) is 4.79 Å². The van der Waals surface area contributed by atoms with Gasteiger partial charge in [0.25, 0.3) is 11.1 Å². The quantitative estimate of drug-likeness (QED) is 0.697. The highest BCUT2D eigenvalue weighted by Gasteiger charge is 2.34. The Hall–Kier alpha value is -3.06. The van der Waals surface area contributed by atoms with Gasteiger partial charge in [0.05, 0.1) is 10.5 Å². The average molecular weight is 397 g/mol. The van der Waals surface area contributed by atoms with Crippen molar-refractivity contribution in [2.75, 3.05) is 6.54 Å². The lowest BCUT2D eigenvalue weighted by molar-refractivity contribution is -0.122. The molecule has 1 heterocycles. The Balaban J connectivity index is 1.61. The van der Waals surface area contributed by atoms with E-state index < -0.39 is 5.97 Å². The molecular formula is C21H19NO5S. The lowest BCUT2D eigenvalue weighted by Gasteiger charge is -2.09. The fraction of sp³-hybridized carbons (Fsp3) is 0.190. The highest BCUT2D eigenvalue weighted by Crippen LogP contribution is 2.32. The molecule has 2 aromatic rings. The molecule has 0 spiro atoms. The van der Waals surface area contributed by atoms with Crippen LogP contribution in [0.15, 0.2) is 53.4 Å². The molecule has 28 heavy (non-hydrogen) atoms. The zero-order valence-corrected chi connectivity index (χ0v) is 16.1. The number of imide groups is 1. The van der Waals surface area contributed by atoms with Crippen molar-refractivity contribution in [3.63, 3.8) is 0 Å². The Morgan fingerprint density at radius 3 is 2.39 bits per heavy atom. The molecule has 0 radical (unpaired) electrons. The lowest BCUT2D eigenvalue weighted by Crippen LogP contribution is -2.28. The second-order valence-corrected chi connectivity index (χ2v) is 7.19. The van der Waals surface area contributed by atoms with Crippen LogP contribution in [-0.4, -0.2) is 33.7 Å². The third kappa shape index (κ3) is 4.61. The van der Waals surface area contributed by atoms with Crippen molar-refractivity contribution in [2.24, 2.45) is 0 Å². The van der Waals surface area contributed by atoms with Crippen molar-refractivity contribution < 1.29 is 24.2 Å². The van der Waals surface area contributed by atoms with E-state index in [1.807, 2.05) is 19.1 Å². The molecule has 1 aliphatic rings. The maximum Gasteiger partial charge on any atom is 0.335 e. The molecule has 0 saturated carbocycles. The largest absolute Gasteiger partial charge is 0.489 e. The van der Waals surface area contributed by atoms with Crippen LogP contribution in [0.25, 0.3) is 6.08 Å². The van der Waals surface area contributed by atoms with Crippen molar-refractivity contribution in [3.05, 3.63) is 70.1 Å². The standard InChI is InChI=1S/C21H19NO5S/c1-2-11-22-19(23)18(28-21(22)26)12-14-5-9-17(10-6-14)27-13-15-3-7-16(8-4-15)20(24)25/h3-10,12H,2,11,13H2,1H3,(H,24,25)/b18-12+. The van der Waals surface area contributed by atoms with Crippen LogP contribution >= 0.6 is 11.8 Å². The number of thioether (sulfide) groups is 1.